The van der Waals surface area contributed by atoms with E-state index in [0.29, 0.717) is 5.56 Å². The zero-order valence-corrected chi connectivity index (χ0v) is 9.60. The Hall–Kier alpha value is -2.42. The van der Waals surface area contributed by atoms with Crippen molar-refractivity contribution in [2.45, 2.75) is 6.92 Å². The van der Waals surface area contributed by atoms with Crippen LogP contribution in [0.2, 0.25) is 0 Å². The molecule has 0 amide bonds. The molecule has 0 bridgehead atoms. The summed E-state index contributed by atoms with van der Waals surface area (Å²) < 4.78 is 8.99. The molecule has 6 heteroatoms. The van der Waals surface area contributed by atoms with E-state index >= 15 is 0 Å². The lowest BCUT2D eigenvalue weighted by Gasteiger charge is -2.06. The summed E-state index contributed by atoms with van der Waals surface area (Å²) in [6.45, 7) is 1.60. The van der Waals surface area contributed by atoms with Gasteiger partial charge in [0.1, 0.15) is 11.8 Å². The van der Waals surface area contributed by atoms with Crippen molar-refractivity contribution in [3.05, 3.63) is 28.6 Å². The molecule has 1 rings (SSSR count). The number of nitrogens with zero attached hydrogens (tertiary/aromatic N) is 2. The summed E-state index contributed by atoms with van der Waals surface area (Å²) >= 11 is 0. The summed E-state index contributed by atoms with van der Waals surface area (Å²) in [6, 6.07) is 3.23. The largest absolute Gasteiger partial charge is 0.464 e. The van der Waals surface area contributed by atoms with E-state index in [-0.39, 0.29) is 17.0 Å². The van der Waals surface area contributed by atoms with Gasteiger partial charge < -0.3 is 9.47 Å². The molecule has 88 valence electrons. The van der Waals surface area contributed by atoms with Gasteiger partial charge in [-0.2, -0.15) is 5.26 Å². The molecule has 6 nitrogen and oxygen atoms in total. The molecule has 0 aliphatic carbocycles. The normalized spacial score (nSPS) is 9.29. The molecule has 1 heterocycles. The fraction of sp³-hybridized carbons (Fsp3) is 0.273. The molecule has 0 saturated carbocycles. The zero-order chi connectivity index (χ0) is 13.0. The molecule has 0 radical (unpaired) electrons. The first-order valence-corrected chi connectivity index (χ1v) is 4.63. The molecule has 0 N–H and O–H groups in total. The fourth-order valence-corrected chi connectivity index (χ4v) is 1.27. The molecule has 0 aliphatic rings. The summed E-state index contributed by atoms with van der Waals surface area (Å²) in [7, 11) is 2.38. The third-order valence-electron chi connectivity index (χ3n) is 2.10. The van der Waals surface area contributed by atoms with Gasteiger partial charge in [0, 0.05) is 0 Å². The molecule has 1 aromatic rings. The molecule has 0 aromatic carbocycles. The van der Waals surface area contributed by atoms with Gasteiger partial charge in [0.15, 0.2) is 5.69 Å². The minimum atomic E-state index is -0.768. The Morgan fingerprint density at radius 1 is 1.29 bits per heavy atom. The Kier molecular flexibility index (Phi) is 3.78. The van der Waals surface area contributed by atoms with Crippen LogP contribution in [0.3, 0.4) is 0 Å². The van der Waals surface area contributed by atoms with Gasteiger partial charge in [-0.3, -0.25) is 0 Å². The second-order valence-electron chi connectivity index (χ2n) is 3.14. The maximum atomic E-state index is 11.4. The summed E-state index contributed by atoms with van der Waals surface area (Å²) in [5, 5.41) is 8.92. The van der Waals surface area contributed by atoms with E-state index < -0.39 is 11.9 Å². The minimum absolute atomic E-state index is 0.0376. The third kappa shape index (κ3) is 2.39. The van der Waals surface area contributed by atoms with Crippen LogP contribution in [0.5, 0.6) is 0 Å². The first kappa shape index (κ1) is 12.6. The number of carbonyl (C=O) groups is 2. The van der Waals surface area contributed by atoms with Crippen molar-refractivity contribution in [3.63, 3.8) is 0 Å². The van der Waals surface area contributed by atoms with Gasteiger partial charge in [-0.25, -0.2) is 14.6 Å². The van der Waals surface area contributed by atoms with E-state index in [0.717, 1.165) is 0 Å². The quantitative estimate of drug-likeness (QED) is 0.704. The number of aromatic nitrogens is 1. The van der Waals surface area contributed by atoms with Crippen LogP contribution >= 0.6 is 0 Å². The Morgan fingerprint density at radius 2 is 1.88 bits per heavy atom. The Balaban J connectivity index is 3.45. The van der Waals surface area contributed by atoms with E-state index in [9.17, 15) is 9.59 Å². The van der Waals surface area contributed by atoms with Gasteiger partial charge in [0.2, 0.25) is 0 Å². The fourth-order valence-electron chi connectivity index (χ4n) is 1.27. The van der Waals surface area contributed by atoms with Crippen LogP contribution in [0.4, 0.5) is 0 Å². The highest BCUT2D eigenvalue weighted by molar-refractivity contribution is 5.94. The van der Waals surface area contributed by atoms with Crippen molar-refractivity contribution in [1.29, 1.82) is 5.26 Å². The maximum Gasteiger partial charge on any atom is 0.358 e. The molecule has 0 saturated heterocycles. The van der Waals surface area contributed by atoms with Gasteiger partial charge in [-0.15, -0.1) is 0 Å². The van der Waals surface area contributed by atoms with Crippen LogP contribution in [-0.4, -0.2) is 31.1 Å². The molecule has 0 fully saturated rings. The molecular weight excluding hydrogens is 224 g/mol. The second kappa shape index (κ2) is 5.07. The maximum absolute atomic E-state index is 11.4. The molecule has 0 spiro atoms. The highest BCUT2D eigenvalue weighted by Crippen LogP contribution is 2.14. The first-order chi connectivity index (χ1) is 8.04. The highest BCUT2D eigenvalue weighted by Gasteiger charge is 2.20. The van der Waals surface area contributed by atoms with Crippen LogP contribution < -0.4 is 0 Å². The van der Waals surface area contributed by atoms with Gasteiger partial charge in [-0.1, -0.05) is 0 Å². The van der Waals surface area contributed by atoms with E-state index in [4.69, 9.17) is 5.26 Å². The van der Waals surface area contributed by atoms with Crippen molar-refractivity contribution >= 4 is 11.9 Å². The number of hydrogen-bond donors (Lipinski definition) is 0. The highest BCUT2D eigenvalue weighted by atomic mass is 16.5. The molecule has 0 atom stereocenters. The topological polar surface area (TPSA) is 89.3 Å². The van der Waals surface area contributed by atoms with Crippen molar-refractivity contribution in [1.82, 2.24) is 4.98 Å². The zero-order valence-electron chi connectivity index (χ0n) is 9.60. The number of aryl methyl sites for hydroxylation is 1. The number of ether oxygens (including phenoxy) is 2. The number of carbonyl (C=O) groups excluding carboxylic acids is 2. The summed E-state index contributed by atoms with van der Waals surface area (Å²) in [5.74, 6) is -1.45. The van der Waals surface area contributed by atoms with Crippen LogP contribution in [-0.2, 0) is 9.47 Å². The van der Waals surface area contributed by atoms with Crippen molar-refractivity contribution in [3.8, 4) is 6.07 Å². The van der Waals surface area contributed by atoms with E-state index in [2.05, 4.69) is 14.5 Å². The van der Waals surface area contributed by atoms with Crippen molar-refractivity contribution in [2.75, 3.05) is 14.2 Å². The van der Waals surface area contributed by atoms with E-state index in [1.165, 1.54) is 20.3 Å². The van der Waals surface area contributed by atoms with Crippen LogP contribution in [0.15, 0.2) is 6.07 Å². The molecule has 0 unspecified atom stereocenters. The number of pyridine rings is 1. The van der Waals surface area contributed by atoms with Crippen LogP contribution in [0.1, 0.15) is 32.1 Å². The van der Waals surface area contributed by atoms with Gasteiger partial charge in [-0.05, 0) is 18.6 Å². The summed E-state index contributed by atoms with van der Waals surface area (Å²) in [6.07, 6.45) is 0. The van der Waals surface area contributed by atoms with Gasteiger partial charge in [0.25, 0.3) is 0 Å². The number of esters is 2. The average molecular weight is 234 g/mol. The SMILES string of the molecule is COC(=O)c1cc(C)c(C#N)c(C(=O)OC)n1. The Labute approximate surface area is 97.8 Å². The number of hydrogen-bond acceptors (Lipinski definition) is 6. The molecule has 17 heavy (non-hydrogen) atoms. The lowest BCUT2D eigenvalue weighted by Crippen LogP contribution is -2.14. The monoisotopic (exact) mass is 234 g/mol. The van der Waals surface area contributed by atoms with Gasteiger partial charge >= 0.3 is 11.9 Å². The van der Waals surface area contributed by atoms with Crippen molar-refractivity contribution < 1.29 is 19.1 Å². The van der Waals surface area contributed by atoms with Crippen LogP contribution in [0, 0.1) is 18.3 Å². The molecule has 0 aliphatic heterocycles. The lowest BCUT2D eigenvalue weighted by atomic mass is 10.1. The summed E-state index contributed by atoms with van der Waals surface area (Å²) in [5.41, 5.74) is 0.326. The number of rotatable bonds is 2. The van der Waals surface area contributed by atoms with Crippen molar-refractivity contribution in [2.24, 2.45) is 0 Å². The molecule has 1 aromatic heterocycles. The van der Waals surface area contributed by atoms with Crippen LogP contribution in [0.25, 0.3) is 0 Å². The number of nitriles is 1. The molecular formula is C11H10N2O4. The van der Waals surface area contributed by atoms with E-state index in [1.54, 1.807) is 6.92 Å². The summed E-state index contributed by atoms with van der Waals surface area (Å²) in [4.78, 5) is 26.5. The predicted molar refractivity (Wildman–Crippen MR) is 56.4 cm³/mol. The Morgan fingerprint density at radius 3 is 2.35 bits per heavy atom. The second-order valence-corrected chi connectivity index (χ2v) is 3.14. The predicted octanol–water partition coefficient (Wildman–Crippen LogP) is 0.835. The minimum Gasteiger partial charge on any atom is -0.464 e. The first-order valence-electron chi connectivity index (χ1n) is 4.63. The standard InChI is InChI=1S/C11H10N2O4/c1-6-4-8(10(14)16-2)13-9(7(6)5-12)11(15)17-3/h4H,1-3H3. The van der Waals surface area contributed by atoms with Gasteiger partial charge in [0.05, 0.1) is 19.8 Å². The lowest BCUT2D eigenvalue weighted by molar-refractivity contribution is 0.0585. The third-order valence-corrected chi connectivity index (χ3v) is 2.10. The Bertz CT molecular complexity index is 517. The van der Waals surface area contributed by atoms with E-state index in [1.807, 2.05) is 6.07 Å². The smallest absolute Gasteiger partial charge is 0.358 e. The average Bonchev–Trinajstić information content (AvgIpc) is 2.35. The number of methoxy groups -OCH3 is 2.